The topological polar surface area (TPSA) is 102 Å². The van der Waals surface area contributed by atoms with Gasteiger partial charge >= 0.3 is 6.09 Å². The predicted octanol–water partition coefficient (Wildman–Crippen LogP) is 3.54. The highest BCUT2D eigenvalue weighted by Gasteiger charge is 2.20. The first-order chi connectivity index (χ1) is 13.3. The molecule has 0 radical (unpaired) electrons. The highest BCUT2D eigenvalue weighted by molar-refractivity contribution is 5.73. The van der Waals surface area contributed by atoms with E-state index in [1.165, 1.54) is 5.56 Å². The number of carbonyl (C=O) groups excluding carboxylic acids is 1. The van der Waals surface area contributed by atoms with E-state index in [-0.39, 0.29) is 5.95 Å². The molecule has 3 rings (SSSR count). The van der Waals surface area contributed by atoms with Gasteiger partial charge in [0, 0.05) is 24.2 Å². The van der Waals surface area contributed by atoms with Gasteiger partial charge in [-0.2, -0.15) is 4.98 Å². The van der Waals surface area contributed by atoms with Gasteiger partial charge < -0.3 is 21.1 Å². The summed E-state index contributed by atoms with van der Waals surface area (Å²) in [5, 5.41) is 6.13. The Morgan fingerprint density at radius 1 is 1.18 bits per heavy atom. The number of nitrogens with one attached hydrogen (secondary N) is 2. The van der Waals surface area contributed by atoms with Gasteiger partial charge in [-0.05, 0) is 52.0 Å². The molecule has 7 nitrogen and oxygen atoms in total. The van der Waals surface area contributed by atoms with Gasteiger partial charge in [0.25, 0.3) is 0 Å². The third-order valence-electron chi connectivity index (χ3n) is 4.48. The minimum atomic E-state index is -0.491. The summed E-state index contributed by atoms with van der Waals surface area (Å²) in [6, 6.07) is 8.34. The van der Waals surface area contributed by atoms with E-state index < -0.39 is 11.7 Å². The van der Waals surface area contributed by atoms with Crippen molar-refractivity contribution in [3.05, 3.63) is 35.4 Å². The van der Waals surface area contributed by atoms with Crippen molar-refractivity contribution in [2.24, 2.45) is 0 Å². The standard InChI is InChI=1S/C21H29N5O2/c1-21(2,3)28-20(27)24-13-7-12-23-18-16-11-6-9-14-8-4-5-10-15(14)17(16)25-19(22)26-18/h4-5,8,10H,6-7,9,11-13H2,1-3H3,(H,24,27)(H3,22,23,25,26). The van der Waals surface area contributed by atoms with Crippen LogP contribution in [0.25, 0.3) is 11.3 Å². The summed E-state index contributed by atoms with van der Waals surface area (Å²) in [7, 11) is 0. The molecule has 4 N–H and O–H groups in total. The molecule has 28 heavy (non-hydrogen) atoms. The molecule has 0 saturated heterocycles. The van der Waals surface area contributed by atoms with Crippen molar-refractivity contribution < 1.29 is 9.53 Å². The molecule has 1 amide bonds. The predicted molar refractivity (Wildman–Crippen MR) is 111 cm³/mol. The Hall–Kier alpha value is -2.83. The highest BCUT2D eigenvalue weighted by Crippen LogP contribution is 2.34. The number of benzene rings is 1. The minimum Gasteiger partial charge on any atom is -0.444 e. The molecule has 0 saturated carbocycles. The average molecular weight is 383 g/mol. The number of nitrogens with zero attached hydrogens (tertiary/aromatic N) is 2. The second-order valence-electron chi connectivity index (χ2n) is 7.98. The van der Waals surface area contributed by atoms with Gasteiger partial charge in [-0.15, -0.1) is 0 Å². The van der Waals surface area contributed by atoms with Crippen LogP contribution in [-0.4, -0.2) is 34.8 Å². The molecule has 1 aliphatic carbocycles. The van der Waals surface area contributed by atoms with Crippen molar-refractivity contribution >= 4 is 17.9 Å². The largest absolute Gasteiger partial charge is 0.444 e. The van der Waals surface area contributed by atoms with E-state index in [1.807, 2.05) is 26.8 Å². The van der Waals surface area contributed by atoms with Gasteiger partial charge in [-0.1, -0.05) is 24.3 Å². The van der Waals surface area contributed by atoms with Crippen LogP contribution in [0.2, 0.25) is 0 Å². The fraction of sp³-hybridized carbons (Fsp3) is 0.476. The van der Waals surface area contributed by atoms with Crippen LogP contribution in [0.3, 0.4) is 0 Å². The number of aromatic nitrogens is 2. The minimum absolute atomic E-state index is 0.268. The lowest BCUT2D eigenvalue weighted by Gasteiger charge is -2.19. The summed E-state index contributed by atoms with van der Waals surface area (Å²) in [5.74, 6) is 1.06. The first kappa shape index (κ1) is 19.9. The molecule has 0 bridgehead atoms. The molecule has 0 aliphatic heterocycles. The molecule has 1 heterocycles. The Morgan fingerprint density at radius 2 is 1.96 bits per heavy atom. The van der Waals surface area contributed by atoms with Gasteiger partial charge in [0.15, 0.2) is 0 Å². The molecule has 0 fully saturated rings. The number of anilines is 2. The smallest absolute Gasteiger partial charge is 0.407 e. The molecule has 1 aromatic carbocycles. The Kier molecular flexibility index (Phi) is 6.02. The zero-order chi connectivity index (χ0) is 20.1. The van der Waals surface area contributed by atoms with Crippen LogP contribution >= 0.6 is 0 Å². The number of nitrogen functional groups attached to an aromatic ring is 1. The lowest BCUT2D eigenvalue weighted by Crippen LogP contribution is -2.33. The number of hydrogen-bond donors (Lipinski definition) is 3. The van der Waals surface area contributed by atoms with Gasteiger partial charge in [0.1, 0.15) is 11.4 Å². The lowest BCUT2D eigenvalue weighted by molar-refractivity contribution is 0.0528. The number of alkyl carbamates (subject to hydrolysis) is 1. The van der Waals surface area contributed by atoms with Crippen LogP contribution in [0.15, 0.2) is 24.3 Å². The zero-order valence-electron chi connectivity index (χ0n) is 16.8. The molecule has 1 aromatic heterocycles. The van der Waals surface area contributed by atoms with Crippen LogP contribution in [-0.2, 0) is 17.6 Å². The first-order valence-electron chi connectivity index (χ1n) is 9.79. The van der Waals surface area contributed by atoms with Gasteiger partial charge in [-0.3, -0.25) is 0 Å². The summed E-state index contributed by atoms with van der Waals surface area (Å²) < 4.78 is 5.23. The quantitative estimate of drug-likeness (QED) is 0.683. The highest BCUT2D eigenvalue weighted by atomic mass is 16.6. The second kappa shape index (κ2) is 8.46. The molecular weight excluding hydrogens is 354 g/mol. The van der Waals surface area contributed by atoms with Crippen LogP contribution in [0.1, 0.15) is 44.7 Å². The Labute approximate surface area is 166 Å². The maximum absolute atomic E-state index is 11.7. The summed E-state index contributed by atoms with van der Waals surface area (Å²) >= 11 is 0. The number of aryl methyl sites for hydroxylation is 1. The summed E-state index contributed by atoms with van der Waals surface area (Å²) in [6.07, 6.45) is 3.32. The SMILES string of the molecule is CC(C)(C)OC(=O)NCCCNc1nc(N)nc2c1CCCc1ccccc1-2. The van der Waals surface area contributed by atoms with E-state index >= 15 is 0 Å². The molecule has 7 heteroatoms. The van der Waals surface area contributed by atoms with Crippen LogP contribution in [0.5, 0.6) is 0 Å². The average Bonchev–Trinajstić information content (AvgIpc) is 2.79. The maximum atomic E-state index is 11.7. The Morgan fingerprint density at radius 3 is 2.75 bits per heavy atom. The Balaban J connectivity index is 1.63. The van der Waals surface area contributed by atoms with E-state index in [2.05, 4.69) is 38.8 Å². The van der Waals surface area contributed by atoms with Gasteiger partial charge in [0.05, 0.1) is 5.69 Å². The van der Waals surface area contributed by atoms with Crippen LogP contribution in [0.4, 0.5) is 16.6 Å². The van der Waals surface area contributed by atoms with Crippen molar-refractivity contribution in [3.8, 4) is 11.3 Å². The zero-order valence-corrected chi connectivity index (χ0v) is 16.8. The summed E-state index contributed by atoms with van der Waals surface area (Å²) in [6.45, 7) is 6.72. The van der Waals surface area contributed by atoms with E-state index in [1.54, 1.807) is 0 Å². The first-order valence-corrected chi connectivity index (χ1v) is 9.79. The molecule has 0 unspecified atom stereocenters. The lowest BCUT2D eigenvalue weighted by atomic mass is 10.0. The Bertz CT molecular complexity index is 845. The number of ether oxygens (including phenoxy) is 1. The van der Waals surface area contributed by atoms with Crippen molar-refractivity contribution in [3.63, 3.8) is 0 Å². The maximum Gasteiger partial charge on any atom is 0.407 e. The third kappa shape index (κ3) is 5.12. The molecule has 2 aromatic rings. The third-order valence-corrected chi connectivity index (χ3v) is 4.48. The number of carbonyl (C=O) groups is 1. The summed E-state index contributed by atoms with van der Waals surface area (Å²) in [4.78, 5) is 20.6. The van der Waals surface area contributed by atoms with Crippen molar-refractivity contribution in [1.29, 1.82) is 0 Å². The fourth-order valence-electron chi connectivity index (χ4n) is 3.33. The summed E-state index contributed by atoms with van der Waals surface area (Å²) in [5.41, 5.74) is 9.96. The number of nitrogens with two attached hydrogens (primary N) is 1. The van der Waals surface area contributed by atoms with E-state index in [0.717, 1.165) is 48.3 Å². The number of rotatable bonds is 5. The normalized spacial score (nSPS) is 13.1. The molecule has 0 spiro atoms. The monoisotopic (exact) mass is 383 g/mol. The molecule has 0 atom stereocenters. The van der Waals surface area contributed by atoms with Crippen molar-refractivity contribution in [1.82, 2.24) is 15.3 Å². The van der Waals surface area contributed by atoms with Gasteiger partial charge in [-0.25, -0.2) is 9.78 Å². The van der Waals surface area contributed by atoms with Crippen molar-refractivity contribution in [2.45, 2.75) is 52.1 Å². The van der Waals surface area contributed by atoms with Gasteiger partial charge in [0.2, 0.25) is 5.95 Å². The second-order valence-corrected chi connectivity index (χ2v) is 7.98. The number of amides is 1. The number of hydrogen-bond acceptors (Lipinski definition) is 6. The fourth-order valence-corrected chi connectivity index (χ4v) is 3.33. The molecule has 1 aliphatic rings. The van der Waals surface area contributed by atoms with E-state index in [0.29, 0.717) is 13.1 Å². The van der Waals surface area contributed by atoms with Crippen LogP contribution in [0, 0.1) is 0 Å². The van der Waals surface area contributed by atoms with Crippen LogP contribution < -0.4 is 16.4 Å². The molecule has 150 valence electrons. The molecular formula is C21H29N5O2. The van der Waals surface area contributed by atoms with E-state index in [9.17, 15) is 4.79 Å². The van der Waals surface area contributed by atoms with E-state index in [4.69, 9.17) is 10.5 Å². The number of fused-ring (bicyclic) bond motifs is 3. The van der Waals surface area contributed by atoms with Crippen molar-refractivity contribution in [2.75, 3.05) is 24.1 Å².